The SMILES string of the molecule is CC(=O)c1ccc(C)c(S(C)(=O)=O)c1.CC(=O)c1ccc(CF)c(S(C)(=O)=O)c1.CC(=O)c1ccc(CO)c(S(C)(=O)=O)c1.CC(=O)c1ccc(F)c(S(C)(=O)=O)c1.CC(=O)c1cccc(S(C)(=O)=O)c1.COc1ccc(C(C)=O)cc1S(C)(=O)=O. The van der Waals surface area contributed by atoms with Gasteiger partial charge in [0.25, 0.3) is 0 Å². The van der Waals surface area contributed by atoms with Crippen LogP contribution in [0.1, 0.15) is 120 Å². The Hall–Kier alpha value is -7.34. The first kappa shape index (κ1) is 76.7. The molecule has 0 saturated heterocycles. The maximum absolute atomic E-state index is 13.0. The van der Waals surface area contributed by atoms with Crippen molar-refractivity contribution in [1.82, 2.24) is 0 Å². The number of aliphatic hydroxyl groups excluding tert-OH is 1. The first-order chi connectivity index (χ1) is 39.1. The van der Waals surface area contributed by atoms with Gasteiger partial charge < -0.3 is 9.84 Å². The van der Waals surface area contributed by atoms with Gasteiger partial charge >= 0.3 is 0 Å². The third-order valence-corrected chi connectivity index (χ3v) is 18.4. The molecule has 0 aliphatic carbocycles. The van der Waals surface area contributed by atoms with Crippen molar-refractivity contribution in [3.63, 3.8) is 0 Å². The summed E-state index contributed by atoms with van der Waals surface area (Å²) in [4.78, 5) is 66.0. The number of Topliss-reactive ketones (excluding diaryl/α,β-unsaturated/α-hetero) is 6. The normalized spacial score (nSPS) is 11.3. The molecule has 20 nitrogen and oxygen atoms in total. The van der Waals surface area contributed by atoms with Crippen molar-refractivity contribution in [3.8, 4) is 5.75 Å². The molecular formula is C58H66F2O20S6. The molecule has 0 spiro atoms. The van der Waals surface area contributed by atoms with Crippen LogP contribution in [-0.2, 0) is 72.3 Å². The molecule has 0 amide bonds. The van der Waals surface area contributed by atoms with Crippen LogP contribution in [0.3, 0.4) is 0 Å². The molecule has 0 saturated carbocycles. The molecule has 0 bridgehead atoms. The maximum Gasteiger partial charge on any atom is 0.179 e. The molecule has 0 fully saturated rings. The lowest BCUT2D eigenvalue weighted by Gasteiger charge is -2.07. The lowest BCUT2D eigenvalue weighted by Crippen LogP contribution is -2.05. The zero-order valence-corrected chi connectivity index (χ0v) is 54.2. The van der Waals surface area contributed by atoms with E-state index in [1.54, 1.807) is 31.2 Å². The number of methoxy groups -OCH3 is 1. The minimum absolute atomic E-state index is 0.0118. The molecule has 28 heteroatoms. The van der Waals surface area contributed by atoms with E-state index in [1.807, 2.05) is 0 Å². The largest absolute Gasteiger partial charge is 0.495 e. The molecule has 1 N–H and O–H groups in total. The molecule has 468 valence electrons. The fourth-order valence-corrected chi connectivity index (χ4v) is 12.0. The highest BCUT2D eigenvalue weighted by Crippen LogP contribution is 2.26. The lowest BCUT2D eigenvalue weighted by atomic mass is 10.1. The molecule has 0 heterocycles. The first-order valence-corrected chi connectivity index (χ1v) is 35.9. The fourth-order valence-electron chi connectivity index (χ4n) is 6.83. The van der Waals surface area contributed by atoms with Crippen LogP contribution in [-0.4, -0.2) is 135 Å². The highest BCUT2D eigenvalue weighted by Gasteiger charge is 2.19. The summed E-state index contributed by atoms with van der Waals surface area (Å²) in [5, 5.41) is 8.96. The van der Waals surface area contributed by atoms with E-state index in [0.717, 1.165) is 49.7 Å². The number of rotatable bonds is 15. The summed E-state index contributed by atoms with van der Waals surface area (Å²) < 4.78 is 166. The molecule has 0 unspecified atom stereocenters. The summed E-state index contributed by atoms with van der Waals surface area (Å²) in [6, 6.07) is 26.6. The van der Waals surface area contributed by atoms with E-state index in [0.29, 0.717) is 33.4 Å². The molecule has 6 rings (SSSR count). The van der Waals surface area contributed by atoms with Crippen molar-refractivity contribution in [2.45, 2.75) is 91.1 Å². The predicted molar refractivity (Wildman–Crippen MR) is 319 cm³/mol. The number of ketones is 6. The summed E-state index contributed by atoms with van der Waals surface area (Å²) in [6.45, 7) is 8.67. The standard InChI is InChI=1S/C10H11FO3S.2C10H12O4S.C10H12O3S.C9H9FO3S.C9H10O3S/c1-7(12)8-3-4-9(6-11)10(5-8)15(2,13)14;1-7(11)8-4-5-9(14-2)10(6-8)15(3,12)13;1-7(12)8-3-4-9(6-11)10(5-8)15(2,13)14;1-7-4-5-9(8(2)11)6-10(7)14(3,12)13;1-6(11)7-3-4-8(10)9(5-7)14(2,12)13;1-7(10)8-4-3-5-9(6-8)13(2,11)12/h3-5H,6H2,1-2H3;4-6H,1-3H3;3-5,11H,6H2,1-2H3;4-6H,1-3H3;3-5H,1-2H3;3-6H,1-2H3. The molecule has 0 aliphatic heterocycles. The van der Waals surface area contributed by atoms with Crippen LogP contribution in [0.25, 0.3) is 0 Å². The van der Waals surface area contributed by atoms with Crippen molar-refractivity contribution in [2.24, 2.45) is 0 Å². The smallest absolute Gasteiger partial charge is 0.179 e. The number of benzene rings is 6. The van der Waals surface area contributed by atoms with Crippen LogP contribution in [0.4, 0.5) is 8.78 Å². The molecule has 0 aliphatic rings. The van der Waals surface area contributed by atoms with Gasteiger partial charge in [-0.1, -0.05) is 48.5 Å². The van der Waals surface area contributed by atoms with Crippen LogP contribution in [0.2, 0.25) is 0 Å². The Balaban J connectivity index is 0.000000516. The van der Waals surface area contributed by atoms with Crippen molar-refractivity contribution in [1.29, 1.82) is 0 Å². The minimum atomic E-state index is -3.62. The third-order valence-electron chi connectivity index (χ3n) is 11.4. The van der Waals surface area contributed by atoms with Gasteiger partial charge in [0.15, 0.2) is 93.7 Å². The predicted octanol–water partition coefficient (Wildman–Crippen LogP) is 8.17. The number of halogens is 2. The van der Waals surface area contributed by atoms with E-state index in [2.05, 4.69) is 0 Å². The van der Waals surface area contributed by atoms with Crippen LogP contribution in [0.15, 0.2) is 145 Å². The Morgan fingerprint density at radius 2 is 0.709 bits per heavy atom. The second-order valence-corrected chi connectivity index (χ2v) is 30.9. The molecule has 6 aromatic carbocycles. The molecule has 86 heavy (non-hydrogen) atoms. The monoisotopic (exact) mass is 1310 g/mol. The van der Waals surface area contributed by atoms with Crippen LogP contribution in [0, 0.1) is 12.7 Å². The van der Waals surface area contributed by atoms with Gasteiger partial charge in [0, 0.05) is 76.5 Å². The second kappa shape index (κ2) is 31.9. The molecule has 6 aromatic rings. The van der Waals surface area contributed by atoms with Gasteiger partial charge in [0.2, 0.25) is 0 Å². The quantitative estimate of drug-likeness (QED) is 0.0947. The van der Waals surface area contributed by atoms with Gasteiger partial charge in [-0.05, 0) is 126 Å². The first-order valence-electron chi connectivity index (χ1n) is 24.5. The van der Waals surface area contributed by atoms with E-state index in [-0.39, 0.29) is 88.2 Å². The number of hydrogen-bond acceptors (Lipinski definition) is 20. The van der Waals surface area contributed by atoms with Crippen molar-refractivity contribution >= 4 is 93.7 Å². The van der Waals surface area contributed by atoms with Gasteiger partial charge in [-0.25, -0.2) is 59.3 Å². The number of sulfone groups is 6. The minimum Gasteiger partial charge on any atom is -0.495 e. The average molecular weight is 1310 g/mol. The molecular weight excluding hydrogens is 1250 g/mol. The Morgan fingerprint density at radius 3 is 1.06 bits per heavy atom. The average Bonchev–Trinajstić information content (AvgIpc) is 2.14. The van der Waals surface area contributed by atoms with E-state index in [9.17, 15) is 88.1 Å². The van der Waals surface area contributed by atoms with Gasteiger partial charge in [0.05, 0.1) is 33.3 Å². The van der Waals surface area contributed by atoms with Crippen molar-refractivity contribution < 1.29 is 97.9 Å². The van der Waals surface area contributed by atoms with E-state index in [4.69, 9.17) is 9.84 Å². The Labute approximate surface area is 501 Å². The van der Waals surface area contributed by atoms with E-state index < -0.39 is 76.4 Å². The summed E-state index contributed by atoms with van der Waals surface area (Å²) in [5.74, 6) is -1.77. The number of carbonyl (C=O) groups is 6. The number of hydrogen-bond donors (Lipinski definition) is 1. The fraction of sp³-hybridized carbons (Fsp3) is 0.276. The lowest BCUT2D eigenvalue weighted by molar-refractivity contribution is 0.100. The van der Waals surface area contributed by atoms with Gasteiger partial charge in [-0.2, -0.15) is 0 Å². The van der Waals surface area contributed by atoms with Gasteiger partial charge in [-0.15, -0.1) is 0 Å². The zero-order valence-electron chi connectivity index (χ0n) is 49.3. The Bertz CT molecular complexity index is 3960. The summed E-state index contributed by atoms with van der Waals surface area (Å²) in [7, 11) is -19.0. The summed E-state index contributed by atoms with van der Waals surface area (Å²) in [6.07, 6.45) is 6.27. The van der Waals surface area contributed by atoms with Crippen LogP contribution >= 0.6 is 0 Å². The van der Waals surface area contributed by atoms with Crippen molar-refractivity contribution in [3.05, 3.63) is 171 Å². The highest BCUT2D eigenvalue weighted by molar-refractivity contribution is 7.92. The highest BCUT2D eigenvalue weighted by atomic mass is 32.2. The third kappa shape index (κ3) is 24.6. The Kier molecular flexibility index (Phi) is 28.4. The number of ether oxygens (including phenoxy) is 1. The van der Waals surface area contributed by atoms with E-state index in [1.165, 1.54) is 128 Å². The number of aliphatic hydroxyl groups is 1. The number of carbonyl (C=O) groups excluding carboxylic acids is 6. The number of aryl methyl sites for hydroxylation is 1. The topological polar surface area (TPSA) is 337 Å². The summed E-state index contributed by atoms with van der Waals surface area (Å²) in [5.41, 5.74) is 3.05. The van der Waals surface area contributed by atoms with Crippen molar-refractivity contribution in [2.75, 3.05) is 44.6 Å². The number of alkyl halides is 1. The van der Waals surface area contributed by atoms with Crippen LogP contribution in [0.5, 0.6) is 5.75 Å². The van der Waals surface area contributed by atoms with Crippen LogP contribution < -0.4 is 4.74 Å². The van der Waals surface area contributed by atoms with E-state index >= 15 is 0 Å². The molecule has 0 aromatic heterocycles. The van der Waals surface area contributed by atoms with Gasteiger partial charge in [0.1, 0.15) is 28.0 Å². The summed E-state index contributed by atoms with van der Waals surface area (Å²) >= 11 is 0. The van der Waals surface area contributed by atoms with Gasteiger partial charge in [-0.3, -0.25) is 28.8 Å². The molecule has 0 radical (unpaired) electrons. The molecule has 0 atom stereocenters. The maximum atomic E-state index is 13.0. The second-order valence-electron chi connectivity index (χ2n) is 18.9. The zero-order chi connectivity index (χ0) is 66.8. The Morgan fingerprint density at radius 1 is 0.395 bits per heavy atom.